The molecule has 0 saturated carbocycles. The summed E-state index contributed by atoms with van der Waals surface area (Å²) >= 11 is 0. The van der Waals surface area contributed by atoms with E-state index in [1.807, 2.05) is 0 Å². The highest BCUT2D eigenvalue weighted by atomic mass is 32.3. The van der Waals surface area contributed by atoms with Gasteiger partial charge in [0.05, 0.1) is 5.69 Å². The molecule has 0 aliphatic rings. The summed E-state index contributed by atoms with van der Waals surface area (Å²) in [6.07, 6.45) is 1.57. The fraction of sp³-hybridized carbons (Fsp3) is 0.0625. The summed E-state index contributed by atoms with van der Waals surface area (Å²) in [5.41, 5.74) is 1.90. The number of hydrogen-bond acceptors (Lipinski definition) is 5. The number of rotatable bonds is 6. The number of ether oxygens (including phenoxy) is 1. The maximum absolute atomic E-state index is 13.8. The largest absolute Gasteiger partial charge is 0.489 e. The highest BCUT2D eigenvalue weighted by Crippen LogP contribution is 2.23. The first-order valence-corrected chi connectivity index (χ1v) is 8.36. The van der Waals surface area contributed by atoms with Crippen molar-refractivity contribution in [3.05, 3.63) is 66.1 Å². The van der Waals surface area contributed by atoms with Gasteiger partial charge in [-0.15, -0.1) is 0 Å². The maximum Gasteiger partial charge on any atom is 0.488 e. The van der Waals surface area contributed by atoms with Crippen LogP contribution in [0.25, 0.3) is 11.3 Å². The molecule has 0 aliphatic carbocycles. The molecule has 3 aromatic rings. The summed E-state index contributed by atoms with van der Waals surface area (Å²) < 4.78 is 56.6. The summed E-state index contributed by atoms with van der Waals surface area (Å²) in [7, 11) is -5.07. The Morgan fingerprint density at radius 3 is 2.40 bits per heavy atom. The number of aromatic nitrogens is 2. The van der Waals surface area contributed by atoms with Crippen molar-refractivity contribution in [2.75, 3.05) is 0 Å². The van der Waals surface area contributed by atoms with E-state index in [-0.39, 0.29) is 12.4 Å². The summed E-state index contributed by atoms with van der Waals surface area (Å²) in [5.74, 6) is -0.208. The number of halogens is 2. The van der Waals surface area contributed by atoms with Gasteiger partial charge in [-0.1, -0.05) is 3.89 Å². The van der Waals surface area contributed by atoms with E-state index < -0.39 is 16.3 Å². The van der Waals surface area contributed by atoms with Crippen molar-refractivity contribution in [2.45, 2.75) is 6.61 Å². The molecule has 0 amide bonds. The van der Waals surface area contributed by atoms with Crippen molar-refractivity contribution in [3.8, 4) is 22.8 Å². The van der Waals surface area contributed by atoms with Crippen LogP contribution in [0.5, 0.6) is 11.5 Å². The molecule has 0 saturated heterocycles. The van der Waals surface area contributed by atoms with Gasteiger partial charge in [0.25, 0.3) is 0 Å². The minimum atomic E-state index is -5.07. The average Bonchev–Trinajstić information content (AvgIpc) is 3.07. The number of hydrogen-bond donors (Lipinski definition) is 1. The Morgan fingerprint density at radius 2 is 1.76 bits per heavy atom. The lowest BCUT2D eigenvalue weighted by atomic mass is 10.1. The fourth-order valence-corrected chi connectivity index (χ4v) is 2.52. The van der Waals surface area contributed by atoms with E-state index in [9.17, 15) is 16.7 Å². The van der Waals surface area contributed by atoms with Gasteiger partial charge in [-0.05, 0) is 54.1 Å². The number of benzene rings is 2. The standard InChI is InChI=1S/C16H12F2N2O4S/c17-13-8-11(7-12(9-13)16-5-6-19-20-16)10-23-14-1-3-15(4-2-14)24-25(18,21)22/h1-9H,10H2,(H,19,20). The number of H-pyrrole nitrogens is 1. The van der Waals surface area contributed by atoms with Gasteiger partial charge in [0.2, 0.25) is 0 Å². The Hall–Kier alpha value is -2.94. The van der Waals surface area contributed by atoms with Crippen molar-refractivity contribution < 1.29 is 25.6 Å². The van der Waals surface area contributed by atoms with Crippen LogP contribution in [0.1, 0.15) is 5.56 Å². The predicted octanol–water partition coefficient (Wildman–Crippen LogP) is 3.39. The van der Waals surface area contributed by atoms with Gasteiger partial charge in [-0.2, -0.15) is 13.5 Å². The predicted molar refractivity (Wildman–Crippen MR) is 85.4 cm³/mol. The van der Waals surface area contributed by atoms with Gasteiger partial charge in [-0.3, -0.25) is 5.10 Å². The molecule has 0 unspecified atom stereocenters. The second kappa shape index (κ2) is 6.89. The van der Waals surface area contributed by atoms with Crippen molar-refractivity contribution >= 4 is 10.5 Å². The molecule has 130 valence electrons. The zero-order valence-corrected chi connectivity index (χ0v) is 13.5. The van der Waals surface area contributed by atoms with E-state index in [2.05, 4.69) is 14.4 Å². The monoisotopic (exact) mass is 366 g/mol. The third kappa shape index (κ3) is 4.77. The van der Waals surface area contributed by atoms with Crippen molar-refractivity contribution in [1.82, 2.24) is 10.2 Å². The van der Waals surface area contributed by atoms with E-state index in [1.54, 1.807) is 18.3 Å². The van der Waals surface area contributed by atoms with E-state index >= 15 is 0 Å². The minimum absolute atomic E-state index is 0.0838. The third-order valence-electron chi connectivity index (χ3n) is 3.19. The highest BCUT2D eigenvalue weighted by Gasteiger charge is 2.09. The summed E-state index contributed by atoms with van der Waals surface area (Å²) in [6, 6.07) is 11.5. The molecule has 25 heavy (non-hydrogen) atoms. The van der Waals surface area contributed by atoms with E-state index in [1.165, 1.54) is 36.4 Å². The lowest BCUT2D eigenvalue weighted by Crippen LogP contribution is -2.01. The lowest BCUT2D eigenvalue weighted by molar-refractivity contribution is 0.305. The molecule has 1 N–H and O–H groups in total. The first kappa shape index (κ1) is 16.9. The Morgan fingerprint density at radius 1 is 1.04 bits per heavy atom. The molecule has 0 aliphatic heterocycles. The quantitative estimate of drug-likeness (QED) is 0.677. The van der Waals surface area contributed by atoms with E-state index in [4.69, 9.17) is 4.74 Å². The van der Waals surface area contributed by atoms with Gasteiger partial charge in [0.1, 0.15) is 23.9 Å². The van der Waals surface area contributed by atoms with E-state index in [0.717, 1.165) is 0 Å². The van der Waals surface area contributed by atoms with Crippen LogP contribution in [0.3, 0.4) is 0 Å². The number of nitrogens with one attached hydrogen (secondary N) is 1. The molecule has 2 aromatic carbocycles. The first-order valence-electron chi connectivity index (χ1n) is 7.05. The molecule has 0 atom stereocenters. The molecular formula is C16H12F2N2O4S. The molecule has 1 aromatic heterocycles. The Labute approximate surface area is 142 Å². The SMILES string of the molecule is O=S(=O)(F)Oc1ccc(OCc2cc(F)cc(-c3ccn[nH]3)c2)cc1. The summed E-state index contributed by atoms with van der Waals surface area (Å²) in [5, 5.41) is 6.58. The van der Waals surface area contributed by atoms with Gasteiger partial charge in [0, 0.05) is 11.8 Å². The van der Waals surface area contributed by atoms with Gasteiger partial charge in [-0.25, -0.2) is 4.39 Å². The molecule has 3 rings (SSSR count). The molecule has 0 spiro atoms. The molecule has 0 bridgehead atoms. The average molecular weight is 366 g/mol. The molecular weight excluding hydrogens is 354 g/mol. The number of nitrogens with zero attached hydrogens (tertiary/aromatic N) is 1. The van der Waals surface area contributed by atoms with E-state index in [0.29, 0.717) is 22.6 Å². The van der Waals surface area contributed by atoms with Crippen LogP contribution in [-0.4, -0.2) is 18.6 Å². The fourth-order valence-electron chi connectivity index (χ4n) is 2.18. The maximum atomic E-state index is 13.8. The van der Waals surface area contributed by atoms with Crippen LogP contribution in [0.15, 0.2) is 54.7 Å². The Balaban J connectivity index is 1.69. The molecule has 0 fully saturated rings. The minimum Gasteiger partial charge on any atom is -0.489 e. The van der Waals surface area contributed by atoms with Crippen LogP contribution in [0.4, 0.5) is 8.28 Å². The topological polar surface area (TPSA) is 81.3 Å². The number of aromatic amines is 1. The Kier molecular flexibility index (Phi) is 4.66. The highest BCUT2D eigenvalue weighted by molar-refractivity contribution is 7.81. The molecule has 6 nitrogen and oxygen atoms in total. The third-order valence-corrected chi connectivity index (χ3v) is 3.59. The zero-order chi connectivity index (χ0) is 17.9. The summed E-state index contributed by atoms with van der Waals surface area (Å²) in [6.45, 7) is 0.0838. The summed E-state index contributed by atoms with van der Waals surface area (Å²) in [4.78, 5) is 0. The van der Waals surface area contributed by atoms with Crippen LogP contribution >= 0.6 is 0 Å². The van der Waals surface area contributed by atoms with Gasteiger partial charge < -0.3 is 8.92 Å². The second-order valence-electron chi connectivity index (χ2n) is 5.05. The normalized spacial score (nSPS) is 11.3. The lowest BCUT2D eigenvalue weighted by Gasteiger charge is -2.09. The van der Waals surface area contributed by atoms with Gasteiger partial charge in [0.15, 0.2) is 0 Å². The molecule has 1 heterocycles. The smallest absolute Gasteiger partial charge is 0.488 e. The molecule has 0 radical (unpaired) electrons. The first-order chi connectivity index (χ1) is 11.9. The van der Waals surface area contributed by atoms with Crippen LogP contribution in [0, 0.1) is 5.82 Å². The Bertz CT molecular complexity index is 958. The van der Waals surface area contributed by atoms with Crippen LogP contribution in [0.2, 0.25) is 0 Å². The van der Waals surface area contributed by atoms with Crippen molar-refractivity contribution in [2.24, 2.45) is 0 Å². The van der Waals surface area contributed by atoms with Crippen molar-refractivity contribution in [3.63, 3.8) is 0 Å². The second-order valence-corrected chi connectivity index (χ2v) is 6.01. The van der Waals surface area contributed by atoms with Crippen LogP contribution < -0.4 is 8.92 Å². The van der Waals surface area contributed by atoms with Gasteiger partial charge >= 0.3 is 10.5 Å². The van der Waals surface area contributed by atoms with Crippen LogP contribution in [-0.2, 0) is 17.1 Å². The van der Waals surface area contributed by atoms with Crippen molar-refractivity contribution in [1.29, 1.82) is 0 Å². The zero-order valence-electron chi connectivity index (χ0n) is 12.6. The molecule has 9 heteroatoms.